The van der Waals surface area contributed by atoms with E-state index in [0.717, 1.165) is 11.8 Å². The van der Waals surface area contributed by atoms with Gasteiger partial charge in [0.25, 0.3) is 11.5 Å². The molecule has 1 amide bonds. The van der Waals surface area contributed by atoms with Gasteiger partial charge in [0.15, 0.2) is 10.9 Å². The normalized spacial score (nSPS) is 10.4. The monoisotopic (exact) mass is 437 g/mol. The fraction of sp³-hybridized carbons (Fsp3) is 0.190. The number of aryl methyl sites for hydroxylation is 1. The molecule has 158 valence electrons. The van der Waals surface area contributed by atoms with Gasteiger partial charge in [-0.25, -0.2) is 4.98 Å². The first-order valence-corrected chi connectivity index (χ1v) is 10.1. The number of nitrogens with zero attached hydrogens (tertiary/aromatic N) is 3. The van der Waals surface area contributed by atoms with E-state index >= 15 is 0 Å². The summed E-state index contributed by atoms with van der Waals surface area (Å²) in [6, 6.07) is 10.2. The van der Waals surface area contributed by atoms with Crippen LogP contribution in [-0.2, 0) is 7.05 Å². The molecule has 2 heterocycles. The van der Waals surface area contributed by atoms with Gasteiger partial charge in [-0.2, -0.15) is 5.26 Å². The second-order valence-corrected chi connectivity index (χ2v) is 7.41. The third kappa shape index (κ3) is 4.67. The van der Waals surface area contributed by atoms with Crippen molar-refractivity contribution in [3.63, 3.8) is 0 Å². The quantitative estimate of drug-likeness (QED) is 0.328. The van der Waals surface area contributed by atoms with Crippen LogP contribution in [0, 0.1) is 11.3 Å². The van der Waals surface area contributed by atoms with E-state index in [1.807, 2.05) is 6.07 Å². The first-order chi connectivity index (χ1) is 14.9. The summed E-state index contributed by atoms with van der Waals surface area (Å²) in [6.45, 7) is 0. The number of benzene rings is 1. The fourth-order valence-electron chi connectivity index (χ4n) is 2.87. The number of H-pyrrole nitrogens is 1. The van der Waals surface area contributed by atoms with Crippen molar-refractivity contribution in [2.45, 2.75) is 5.16 Å². The largest absolute Gasteiger partial charge is 0.497 e. The summed E-state index contributed by atoms with van der Waals surface area (Å²) < 4.78 is 6.70. The number of nitriles is 1. The van der Waals surface area contributed by atoms with Crippen LogP contribution in [0.2, 0.25) is 0 Å². The van der Waals surface area contributed by atoms with Crippen LogP contribution in [0.5, 0.6) is 5.75 Å². The minimum Gasteiger partial charge on any atom is -0.497 e. The van der Waals surface area contributed by atoms with Crippen LogP contribution in [0.25, 0.3) is 11.3 Å². The van der Waals surface area contributed by atoms with Crippen molar-refractivity contribution in [1.82, 2.24) is 19.9 Å². The maximum absolute atomic E-state index is 12.6. The zero-order chi connectivity index (χ0) is 22.5. The van der Waals surface area contributed by atoms with Crippen molar-refractivity contribution < 1.29 is 14.3 Å². The van der Waals surface area contributed by atoms with E-state index in [1.54, 1.807) is 42.1 Å². The van der Waals surface area contributed by atoms with Crippen molar-refractivity contribution in [3.8, 4) is 23.1 Å². The summed E-state index contributed by atoms with van der Waals surface area (Å²) in [5, 5.41) is 12.1. The van der Waals surface area contributed by atoms with Crippen molar-refractivity contribution in [2.24, 2.45) is 7.05 Å². The number of thioether (sulfide) groups is 1. The Bertz CT molecular complexity index is 1240. The van der Waals surface area contributed by atoms with E-state index in [9.17, 15) is 19.6 Å². The number of aromatic amines is 1. The molecule has 1 aromatic carbocycles. The van der Waals surface area contributed by atoms with Gasteiger partial charge >= 0.3 is 0 Å². The molecule has 9 nitrogen and oxygen atoms in total. The number of carbonyl (C=O) groups is 2. The van der Waals surface area contributed by atoms with Crippen molar-refractivity contribution in [1.29, 1.82) is 5.26 Å². The van der Waals surface area contributed by atoms with E-state index in [2.05, 4.69) is 15.3 Å². The second-order valence-electron chi connectivity index (χ2n) is 6.45. The lowest BCUT2D eigenvalue weighted by molar-refractivity contribution is 0.0954. The maximum Gasteiger partial charge on any atom is 0.270 e. The lowest BCUT2D eigenvalue weighted by Crippen LogP contribution is -2.20. The minimum atomic E-state index is -0.583. The van der Waals surface area contributed by atoms with Crippen LogP contribution in [0.1, 0.15) is 26.4 Å². The predicted octanol–water partition coefficient (Wildman–Crippen LogP) is 1.99. The van der Waals surface area contributed by atoms with Gasteiger partial charge in [-0.1, -0.05) is 11.8 Å². The Hall–Kier alpha value is -3.84. The van der Waals surface area contributed by atoms with Gasteiger partial charge in [0.1, 0.15) is 23.1 Å². The summed E-state index contributed by atoms with van der Waals surface area (Å²) in [5.74, 6) is 0.102. The Kier molecular flexibility index (Phi) is 6.57. The molecule has 3 aromatic rings. The molecule has 0 aliphatic carbocycles. The number of amides is 1. The molecule has 10 heteroatoms. The Labute approximate surface area is 182 Å². The average molecular weight is 437 g/mol. The molecule has 0 unspecified atom stereocenters. The Morgan fingerprint density at radius 3 is 2.65 bits per heavy atom. The Balaban J connectivity index is 1.84. The summed E-state index contributed by atoms with van der Waals surface area (Å²) in [6.07, 6.45) is 1.57. The average Bonchev–Trinajstić information content (AvgIpc) is 3.18. The highest BCUT2D eigenvalue weighted by Gasteiger charge is 2.17. The van der Waals surface area contributed by atoms with Gasteiger partial charge < -0.3 is 19.6 Å². The number of Topliss-reactive ketones (excluding diaryl/α,β-unsaturated/α-hetero) is 1. The van der Waals surface area contributed by atoms with Crippen LogP contribution in [-0.4, -0.2) is 46.1 Å². The van der Waals surface area contributed by atoms with Crippen LogP contribution in [0.15, 0.2) is 46.5 Å². The second kappa shape index (κ2) is 9.32. The van der Waals surface area contributed by atoms with Gasteiger partial charge in [0.2, 0.25) is 0 Å². The van der Waals surface area contributed by atoms with E-state index in [1.165, 1.54) is 20.2 Å². The summed E-state index contributed by atoms with van der Waals surface area (Å²) in [4.78, 5) is 43.7. The van der Waals surface area contributed by atoms with Crippen molar-refractivity contribution >= 4 is 23.5 Å². The number of aromatic nitrogens is 3. The third-order valence-electron chi connectivity index (χ3n) is 4.50. The smallest absolute Gasteiger partial charge is 0.270 e. The number of hydrogen-bond acceptors (Lipinski definition) is 7. The Morgan fingerprint density at radius 1 is 1.32 bits per heavy atom. The van der Waals surface area contributed by atoms with Crippen molar-refractivity contribution in [3.05, 3.63) is 63.7 Å². The predicted molar refractivity (Wildman–Crippen MR) is 115 cm³/mol. The summed E-state index contributed by atoms with van der Waals surface area (Å²) in [7, 11) is 4.73. The number of ether oxygens (including phenoxy) is 1. The standard InChI is InChI=1S/C21H19N5O4S/c1-23-20(29)16-8-13(10-26(16)2)17(27)11-31-21-24-18(15(9-22)19(28)25-21)12-4-6-14(30-3)7-5-12/h4-8,10H,11H2,1-3H3,(H,23,29)(H,24,25,28). The Morgan fingerprint density at radius 2 is 2.03 bits per heavy atom. The number of nitrogens with one attached hydrogen (secondary N) is 2. The number of carbonyl (C=O) groups excluding carboxylic acids is 2. The lowest BCUT2D eigenvalue weighted by atomic mass is 10.1. The first kappa shape index (κ1) is 21.9. The van der Waals surface area contributed by atoms with Crippen molar-refractivity contribution in [2.75, 3.05) is 19.9 Å². The first-order valence-electron chi connectivity index (χ1n) is 9.11. The number of methoxy groups -OCH3 is 1. The zero-order valence-electron chi connectivity index (χ0n) is 17.1. The van der Waals surface area contributed by atoms with Gasteiger partial charge in [0.05, 0.1) is 18.6 Å². The van der Waals surface area contributed by atoms with Gasteiger partial charge in [-0.15, -0.1) is 0 Å². The third-order valence-corrected chi connectivity index (χ3v) is 5.37. The molecule has 0 saturated carbocycles. The van der Waals surface area contributed by atoms with Crippen LogP contribution in [0.3, 0.4) is 0 Å². The number of hydrogen-bond donors (Lipinski definition) is 2. The molecule has 0 aliphatic rings. The van der Waals surface area contributed by atoms with Crippen LogP contribution >= 0.6 is 11.8 Å². The molecule has 2 aromatic heterocycles. The highest BCUT2D eigenvalue weighted by atomic mass is 32.2. The van der Waals surface area contributed by atoms with Gasteiger partial charge in [0, 0.05) is 31.4 Å². The number of ketones is 1. The molecule has 0 spiro atoms. The maximum atomic E-state index is 12.6. The van der Waals surface area contributed by atoms with E-state index < -0.39 is 5.56 Å². The molecule has 0 fully saturated rings. The van der Waals surface area contributed by atoms with Gasteiger partial charge in [-0.05, 0) is 30.3 Å². The molecule has 0 atom stereocenters. The van der Waals surface area contributed by atoms with E-state index in [4.69, 9.17) is 4.74 Å². The minimum absolute atomic E-state index is 0.00586. The summed E-state index contributed by atoms with van der Waals surface area (Å²) in [5.41, 5.74) is 0.849. The van der Waals surface area contributed by atoms with Crippen LogP contribution in [0.4, 0.5) is 0 Å². The highest BCUT2D eigenvalue weighted by molar-refractivity contribution is 7.99. The topological polar surface area (TPSA) is 130 Å². The number of rotatable bonds is 7. The van der Waals surface area contributed by atoms with E-state index in [0.29, 0.717) is 22.6 Å². The molecule has 0 saturated heterocycles. The molecule has 3 rings (SSSR count). The molecular formula is C21H19N5O4S. The molecule has 0 bridgehead atoms. The molecule has 2 N–H and O–H groups in total. The molecule has 31 heavy (non-hydrogen) atoms. The SMILES string of the molecule is CNC(=O)c1cc(C(=O)CSc2nc(-c3ccc(OC)cc3)c(C#N)c(=O)[nH]2)cn1C. The van der Waals surface area contributed by atoms with E-state index in [-0.39, 0.29) is 33.9 Å². The molecule has 0 radical (unpaired) electrons. The highest BCUT2D eigenvalue weighted by Crippen LogP contribution is 2.24. The van der Waals surface area contributed by atoms with Crippen LogP contribution < -0.4 is 15.6 Å². The zero-order valence-corrected chi connectivity index (χ0v) is 17.9. The lowest BCUT2D eigenvalue weighted by Gasteiger charge is -2.07. The van der Waals surface area contributed by atoms with Gasteiger partial charge in [-0.3, -0.25) is 14.4 Å². The summed E-state index contributed by atoms with van der Waals surface area (Å²) >= 11 is 1.04. The fourth-order valence-corrected chi connectivity index (χ4v) is 3.63. The molecular weight excluding hydrogens is 418 g/mol. The molecule has 0 aliphatic heterocycles.